The van der Waals surface area contributed by atoms with E-state index < -0.39 is 22.4 Å². The summed E-state index contributed by atoms with van der Waals surface area (Å²) in [5.41, 5.74) is 1.50. The van der Waals surface area contributed by atoms with Crippen LogP contribution in [0.2, 0.25) is 0 Å². The van der Waals surface area contributed by atoms with Crippen LogP contribution in [0.5, 0.6) is 0 Å². The van der Waals surface area contributed by atoms with E-state index in [0.717, 1.165) is 22.2 Å². The molecule has 1 N–H and O–H groups in total. The lowest BCUT2D eigenvalue weighted by Crippen LogP contribution is -2.32. The molecular formula is C12H11NO4S. The number of hydrogen-bond donors (Lipinski definition) is 1. The largest absolute Gasteiger partial charge is 0.481 e. The number of rotatable bonds is 3. The second kappa shape index (κ2) is 4.81. The van der Waals surface area contributed by atoms with Crippen LogP contribution in [0.25, 0.3) is 0 Å². The average Bonchev–Trinajstić information content (AvgIpc) is 2.55. The van der Waals surface area contributed by atoms with E-state index in [9.17, 15) is 14.4 Å². The number of carbonyl (C=O) groups excluding carboxylic acids is 2. The Hall–Kier alpha value is -1.82. The molecule has 2 rings (SSSR count). The van der Waals surface area contributed by atoms with E-state index in [1.54, 1.807) is 24.3 Å². The zero-order valence-electron chi connectivity index (χ0n) is 9.62. The third-order valence-electron chi connectivity index (χ3n) is 2.57. The van der Waals surface area contributed by atoms with E-state index in [4.69, 9.17) is 5.11 Å². The number of thioether (sulfide) groups is 1. The molecule has 1 fully saturated rings. The molecule has 0 saturated carbocycles. The molecule has 1 aliphatic rings. The fourth-order valence-corrected chi connectivity index (χ4v) is 2.65. The van der Waals surface area contributed by atoms with Crippen molar-refractivity contribution in [2.45, 2.75) is 18.6 Å². The highest BCUT2D eigenvalue weighted by Gasteiger charge is 2.41. The minimum absolute atomic E-state index is 0.336. The Balaban J connectivity index is 2.24. The van der Waals surface area contributed by atoms with Gasteiger partial charge in [-0.05, 0) is 30.8 Å². The molecule has 2 amide bonds. The Kier molecular flexibility index (Phi) is 3.38. The van der Waals surface area contributed by atoms with Gasteiger partial charge < -0.3 is 5.11 Å². The molecule has 0 aliphatic carbocycles. The van der Waals surface area contributed by atoms with Gasteiger partial charge in [-0.2, -0.15) is 0 Å². The van der Waals surface area contributed by atoms with Crippen LogP contribution in [-0.4, -0.2) is 27.5 Å². The van der Waals surface area contributed by atoms with Gasteiger partial charge in [0.25, 0.3) is 5.24 Å². The number of imide groups is 1. The van der Waals surface area contributed by atoms with Gasteiger partial charge in [0.2, 0.25) is 5.91 Å². The van der Waals surface area contributed by atoms with E-state index in [1.807, 2.05) is 6.92 Å². The number of anilines is 1. The molecule has 1 aromatic carbocycles. The summed E-state index contributed by atoms with van der Waals surface area (Å²) in [5, 5.41) is 7.43. The first-order valence-electron chi connectivity index (χ1n) is 5.32. The number of nitrogens with zero attached hydrogens (tertiary/aromatic N) is 1. The van der Waals surface area contributed by atoms with Crippen molar-refractivity contribution in [3.63, 3.8) is 0 Å². The molecule has 94 valence electrons. The maximum Gasteiger partial charge on any atom is 0.305 e. The van der Waals surface area contributed by atoms with Crippen LogP contribution in [0.4, 0.5) is 10.5 Å². The Labute approximate surface area is 108 Å². The fourth-order valence-electron chi connectivity index (χ4n) is 1.67. The molecule has 1 heterocycles. The lowest BCUT2D eigenvalue weighted by Gasteiger charge is -2.13. The number of carboxylic acids is 1. The van der Waals surface area contributed by atoms with E-state index in [1.165, 1.54) is 0 Å². The minimum Gasteiger partial charge on any atom is -0.481 e. The number of hydrogen-bond acceptors (Lipinski definition) is 4. The van der Waals surface area contributed by atoms with Gasteiger partial charge >= 0.3 is 5.97 Å². The summed E-state index contributed by atoms with van der Waals surface area (Å²) in [4.78, 5) is 35.3. The first kappa shape index (κ1) is 12.6. The van der Waals surface area contributed by atoms with Gasteiger partial charge in [-0.3, -0.25) is 14.4 Å². The summed E-state index contributed by atoms with van der Waals surface area (Å²) >= 11 is 0.766. The van der Waals surface area contributed by atoms with E-state index in [2.05, 4.69) is 0 Å². The van der Waals surface area contributed by atoms with Crippen molar-refractivity contribution in [1.82, 2.24) is 0 Å². The van der Waals surface area contributed by atoms with Gasteiger partial charge in [0.15, 0.2) is 0 Å². The van der Waals surface area contributed by atoms with Crippen LogP contribution < -0.4 is 4.90 Å². The summed E-state index contributed by atoms with van der Waals surface area (Å²) < 4.78 is 0. The standard InChI is InChI=1S/C12H11NO4S/c1-7-2-4-8(5-3-7)13-11(16)9(6-10(14)15)18-12(13)17/h2-5,9H,6H2,1H3,(H,14,15)/t9-/m0/s1. The third-order valence-corrected chi connectivity index (χ3v) is 3.61. The first-order valence-corrected chi connectivity index (χ1v) is 6.20. The molecule has 0 bridgehead atoms. The molecule has 0 unspecified atom stereocenters. The van der Waals surface area contributed by atoms with Crippen molar-refractivity contribution in [2.24, 2.45) is 0 Å². The molecule has 1 saturated heterocycles. The molecule has 5 nitrogen and oxygen atoms in total. The lowest BCUT2D eigenvalue weighted by molar-refractivity contribution is -0.138. The second-order valence-electron chi connectivity index (χ2n) is 3.98. The third kappa shape index (κ3) is 2.38. The zero-order valence-corrected chi connectivity index (χ0v) is 10.4. The molecule has 18 heavy (non-hydrogen) atoms. The molecule has 1 aromatic rings. The lowest BCUT2D eigenvalue weighted by atomic mass is 10.2. The number of amides is 2. The van der Waals surface area contributed by atoms with Gasteiger partial charge in [0, 0.05) is 0 Å². The summed E-state index contributed by atoms with van der Waals surface area (Å²) in [7, 11) is 0. The minimum atomic E-state index is -1.08. The Morgan fingerprint density at radius 1 is 1.33 bits per heavy atom. The summed E-state index contributed by atoms with van der Waals surface area (Å²) in [6.07, 6.45) is -0.336. The summed E-state index contributed by atoms with van der Waals surface area (Å²) in [6, 6.07) is 6.94. The average molecular weight is 265 g/mol. The molecule has 0 aromatic heterocycles. The van der Waals surface area contributed by atoms with Gasteiger partial charge in [0.05, 0.1) is 12.1 Å². The maximum absolute atomic E-state index is 12.0. The van der Waals surface area contributed by atoms with Crippen LogP contribution in [-0.2, 0) is 9.59 Å². The van der Waals surface area contributed by atoms with Crippen molar-refractivity contribution in [3.05, 3.63) is 29.8 Å². The zero-order chi connectivity index (χ0) is 13.3. The number of aliphatic carboxylic acids is 1. The number of benzene rings is 1. The second-order valence-corrected chi connectivity index (χ2v) is 5.13. The van der Waals surface area contributed by atoms with Gasteiger partial charge in [-0.1, -0.05) is 17.7 Å². The highest BCUT2D eigenvalue weighted by molar-refractivity contribution is 8.15. The van der Waals surface area contributed by atoms with Crippen molar-refractivity contribution in [3.8, 4) is 0 Å². The monoisotopic (exact) mass is 265 g/mol. The number of carboxylic acid groups (broad SMARTS) is 1. The van der Waals surface area contributed by atoms with Crippen LogP contribution >= 0.6 is 11.8 Å². The fraction of sp³-hybridized carbons (Fsp3) is 0.250. The quantitative estimate of drug-likeness (QED) is 0.905. The van der Waals surface area contributed by atoms with E-state index in [-0.39, 0.29) is 6.42 Å². The molecule has 0 spiro atoms. The Morgan fingerprint density at radius 3 is 2.50 bits per heavy atom. The van der Waals surface area contributed by atoms with Crippen molar-refractivity contribution >= 4 is 34.6 Å². The highest BCUT2D eigenvalue weighted by atomic mass is 32.2. The summed E-state index contributed by atoms with van der Waals surface area (Å²) in [6.45, 7) is 1.90. The maximum atomic E-state index is 12.0. The normalized spacial score (nSPS) is 19.4. The Morgan fingerprint density at radius 2 is 1.94 bits per heavy atom. The molecule has 1 atom stereocenters. The van der Waals surface area contributed by atoms with Crippen LogP contribution in [0.1, 0.15) is 12.0 Å². The first-order chi connectivity index (χ1) is 8.49. The molecular weight excluding hydrogens is 254 g/mol. The van der Waals surface area contributed by atoms with Crippen molar-refractivity contribution < 1.29 is 19.5 Å². The molecule has 6 heteroatoms. The Bertz CT molecular complexity index is 511. The predicted octanol–water partition coefficient (Wildman–Crippen LogP) is 2.04. The van der Waals surface area contributed by atoms with E-state index >= 15 is 0 Å². The predicted molar refractivity (Wildman–Crippen MR) is 67.7 cm³/mol. The van der Waals surface area contributed by atoms with Crippen LogP contribution in [0.3, 0.4) is 0 Å². The SMILES string of the molecule is Cc1ccc(N2C(=O)S[C@@H](CC(=O)O)C2=O)cc1. The summed E-state index contributed by atoms with van der Waals surface area (Å²) in [5.74, 6) is -1.55. The smallest absolute Gasteiger partial charge is 0.305 e. The highest BCUT2D eigenvalue weighted by Crippen LogP contribution is 2.33. The van der Waals surface area contributed by atoms with E-state index in [0.29, 0.717) is 5.69 Å². The van der Waals surface area contributed by atoms with Gasteiger partial charge in [-0.15, -0.1) is 0 Å². The van der Waals surface area contributed by atoms with Gasteiger partial charge in [0.1, 0.15) is 5.25 Å². The van der Waals surface area contributed by atoms with Gasteiger partial charge in [-0.25, -0.2) is 4.90 Å². The van der Waals surface area contributed by atoms with Crippen LogP contribution in [0.15, 0.2) is 24.3 Å². The van der Waals surface area contributed by atoms with Crippen molar-refractivity contribution in [1.29, 1.82) is 0 Å². The van der Waals surface area contributed by atoms with Crippen LogP contribution in [0, 0.1) is 6.92 Å². The molecule has 1 aliphatic heterocycles. The topological polar surface area (TPSA) is 74.7 Å². The number of aryl methyl sites for hydroxylation is 1. The number of carbonyl (C=O) groups is 3. The molecule has 0 radical (unpaired) electrons. The van der Waals surface area contributed by atoms with Crippen molar-refractivity contribution in [2.75, 3.05) is 4.90 Å².